The Morgan fingerprint density at radius 2 is 1.88 bits per heavy atom. The van der Waals surface area contributed by atoms with E-state index in [-0.39, 0.29) is 23.9 Å². The van der Waals surface area contributed by atoms with E-state index >= 15 is 0 Å². The Kier molecular flexibility index (Phi) is 5.65. The average molecular weight is 352 g/mol. The molecule has 2 unspecified atom stereocenters. The molecule has 0 bridgehead atoms. The number of nitrogens with zero attached hydrogens (tertiary/aromatic N) is 3. The van der Waals surface area contributed by atoms with Crippen molar-refractivity contribution in [2.24, 2.45) is 0 Å². The molecule has 25 heavy (non-hydrogen) atoms. The molecular weight excluding hydrogens is 320 g/mol. The smallest absolute Gasteiger partial charge is 0.240 e. The maximum atomic E-state index is 12.7. The minimum Gasteiger partial charge on any atom is -0.387 e. The summed E-state index contributed by atoms with van der Waals surface area (Å²) in [7, 11) is 2.01. The lowest BCUT2D eigenvalue weighted by Crippen LogP contribution is -2.51. The molecule has 3 aliphatic rings. The van der Waals surface area contributed by atoms with E-state index in [0.717, 1.165) is 45.3 Å². The van der Waals surface area contributed by atoms with Gasteiger partial charge in [0.1, 0.15) is 0 Å². The van der Waals surface area contributed by atoms with Crippen LogP contribution >= 0.6 is 0 Å². The molecule has 3 aliphatic heterocycles. The van der Waals surface area contributed by atoms with Crippen LogP contribution in [0.15, 0.2) is 0 Å². The highest BCUT2D eigenvalue weighted by Crippen LogP contribution is 2.27. The highest BCUT2D eigenvalue weighted by atomic mass is 16.3. The van der Waals surface area contributed by atoms with Crippen molar-refractivity contribution in [2.45, 2.75) is 56.7 Å². The molecule has 2 atom stereocenters. The lowest BCUT2D eigenvalue weighted by Gasteiger charge is -2.36. The highest BCUT2D eigenvalue weighted by Gasteiger charge is 2.42. The minimum absolute atomic E-state index is 0.00394. The van der Waals surface area contributed by atoms with Crippen molar-refractivity contribution in [1.82, 2.24) is 20.0 Å². The molecule has 0 aliphatic carbocycles. The first-order chi connectivity index (χ1) is 11.9. The number of hydrogen-bond donors (Lipinski definition) is 2. The summed E-state index contributed by atoms with van der Waals surface area (Å²) in [4.78, 5) is 30.1. The lowest BCUT2D eigenvalue weighted by molar-refractivity contribution is -0.135. The van der Waals surface area contributed by atoms with Gasteiger partial charge in [-0.25, -0.2) is 0 Å². The number of carbonyl (C=O) groups excluding carboxylic acids is 2. The Hall–Kier alpha value is -1.18. The molecule has 0 aromatic carbocycles. The summed E-state index contributed by atoms with van der Waals surface area (Å²) in [5.41, 5.74) is -0.798. The van der Waals surface area contributed by atoms with Gasteiger partial charge in [0.05, 0.1) is 18.2 Å². The number of hydrogen-bond acceptors (Lipinski definition) is 5. The second kappa shape index (κ2) is 7.60. The van der Waals surface area contributed by atoms with Gasteiger partial charge in [0, 0.05) is 39.1 Å². The molecule has 3 fully saturated rings. The van der Waals surface area contributed by atoms with Gasteiger partial charge in [-0.3, -0.25) is 14.5 Å². The van der Waals surface area contributed by atoms with Crippen molar-refractivity contribution in [3.63, 3.8) is 0 Å². The van der Waals surface area contributed by atoms with Gasteiger partial charge in [-0.05, 0) is 45.7 Å². The standard InChI is InChI=1S/C18H32N4O3/c1-14(23)19-15-5-9-21(10-6-15)12-18(25)7-11-22(13-18)17(24)16-4-3-8-20(16)2/h15-16,25H,3-13H2,1-2H3,(H,19,23). The number of piperidine rings is 1. The van der Waals surface area contributed by atoms with Gasteiger partial charge in [-0.1, -0.05) is 0 Å². The van der Waals surface area contributed by atoms with Crippen LogP contribution in [0.3, 0.4) is 0 Å². The molecule has 0 radical (unpaired) electrons. The minimum atomic E-state index is -0.798. The van der Waals surface area contributed by atoms with E-state index in [1.165, 1.54) is 0 Å². The molecule has 3 rings (SSSR count). The molecule has 2 amide bonds. The van der Waals surface area contributed by atoms with E-state index < -0.39 is 5.60 Å². The number of likely N-dealkylation sites (N-methyl/N-ethyl adjacent to an activating group) is 1. The van der Waals surface area contributed by atoms with E-state index in [0.29, 0.717) is 26.1 Å². The summed E-state index contributed by atoms with van der Waals surface area (Å²) < 4.78 is 0. The molecule has 7 nitrogen and oxygen atoms in total. The van der Waals surface area contributed by atoms with Crippen molar-refractivity contribution in [3.05, 3.63) is 0 Å². The maximum Gasteiger partial charge on any atom is 0.240 e. The number of β-amino-alcohol motifs (C(OH)–C–C–N with tert-alkyl or cyclic N) is 1. The lowest BCUT2D eigenvalue weighted by atomic mass is 9.99. The third-order valence-corrected chi connectivity index (χ3v) is 5.96. The van der Waals surface area contributed by atoms with Crippen LogP contribution in [0, 0.1) is 0 Å². The summed E-state index contributed by atoms with van der Waals surface area (Å²) in [6.07, 6.45) is 4.51. The molecule has 0 aromatic heterocycles. The number of carbonyl (C=O) groups is 2. The third-order valence-electron chi connectivity index (χ3n) is 5.96. The maximum absolute atomic E-state index is 12.7. The van der Waals surface area contributed by atoms with Gasteiger partial charge in [0.25, 0.3) is 0 Å². The molecule has 3 heterocycles. The summed E-state index contributed by atoms with van der Waals surface area (Å²) in [6.45, 7) is 6.02. The SMILES string of the molecule is CC(=O)NC1CCN(CC2(O)CCN(C(=O)C3CCCN3C)C2)CC1. The van der Waals surface area contributed by atoms with E-state index in [1.54, 1.807) is 6.92 Å². The van der Waals surface area contributed by atoms with E-state index in [4.69, 9.17) is 0 Å². The number of nitrogens with one attached hydrogen (secondary N) is 1. The van der Waals surface area contributed by atoms with Crippen molar-refractivity contribution < 1.29 is 14.7 Å². The average Bonchev–Trinajstić information content (AvgIpc) is 3.14. The van der Waals surface area contributed by atoms with Crippen molar-refractivity contribution >= 4 is 11.8 Å². The van der Waals surface area contributed by atoms with Gasteiger partial charge >= 0.3 is 0 Å². The van der Waals surface area contributed by atoms with Crippen LogP contribution in [0.4, 0.5) is 0 Å². The predicted molar refractivity (Wildman–Crippen MR) is 95.1 cm³/mol. The van der Waals surface area contributed by atoms with Crippen molar-refractivity contribution in [3.8, 4) is 0 Å². The second-order valence-electron chi connectivity index (χ2n) is 8.12. The summed E-state index contributed by atoms with van der Waals surface area (Å²) in [5.74, 6) is 0.208. The fourth-order valence-corrected chi connectivity index (χ4v) is 4.55. The van der Waals surface area contributed by atoms with Crippen LogP contribution in [0.25, 0.3) is 0 Å². The summed E-state index contributed by atoms with van der Waals surface area (Å²) in [5, 5.41) is 13.9. The van der Waals surface area contributed by atoms with Crippen LogP contribution in [0.5, 0.6) is 0 Å². The molecule has 0 aromatic rings. The van der Waals surface area contributed by atoms with Crippen LogP contribution in [-0.4, -0.2) is 95.6 Å². The van der Waals surface area contributed by atoms with E-state index in [1.807, 2.05) is 11.9 Å². The van der Waals surface area contributed by atoms with Crippen molar-refractivity contribution in [1.29, 1.82) is 0 Å². The molecule has 142 valence electrons. The van der Waals surface area contributed by atoms with Gasteiger partial charge in [0.15, 0.2) is 0 Å². The molecule has 2 N–H and O–H groups in total. The quantitative estimate of drug-likeness (QED) is 0.723. The Bertz CT molecular complexity index is 507. The Morgan fingerprint density at radius 1 is 1.16 bits per heavy atom. The van der Waals surface area contributed by atoms with Crippen LogP contribution < -0.4 is 5.32 Å². The highest BCUT2D eigenvalue weighted by molar-refractivity contribution is 5.82. The fraction of sp³-hybridized carbons (Fsp3) is 0.889. The van der Waals surface area contributed by atoms with Gasteiger partial charge in [0.2, 0.25) is 11.8 Å². The van der Waals surface area contributed by atoms with E-state index in [9.17, 15) is 14.7 Å². The monoisotopic (exact) mass is 352 g/mol. The number of amides is 2. The fourth-order valence-electron chi connectivity index (χ4n) is 4.55. The van der Waals surface area contributed by atoms with E-state index in [2.05, 4.69) is 15.1 Å². The Labute approximate surface area is 150 Å². The number of rotatable bonds is 4. The Morgan fingerprint density at radius 3 is 2.48 bits per heavy atom. The predicted octanol–water partition coefficient (Wildman–Crippen LogP) is -0.355. The summed E-state index contributed by atoms with van der Waals surface area (Å²) >= 11 is 0. The Balaban J connectivity index is 1.47. The normalized spacial score (nSPS) is 32.3. The topological polar surface area (TPSA) is 76.1 Å². The zero-order chi connectivity index (χ0) is 18.0. The molecule has 0 saturated carbocycles. The first-order valence-electron chi connectivity index (χ1n) is 9.57. The zero-order valence-corrected chi connectivity index (χ0v) is 15.5. The molecule has 0 spiro atoms. The molecule has 7 heteroatoms. The summed E-state index contributed by atoms with van der Waals surface area (Å²) in [6, 6.07) is 0.249. The first-order valence-corrected chi connectivity index (χ1v) is 9.57. The van der Waals surface area contributed by atoms with Gasteiger partial charge < -0.3 is 20.2 Å². The largest absolute Gasteiger partial charge is 0.387 e. The van der Waals surface area contributed by atoms with Crippen LogP contribution in [0.1, 0.15) is 39.0 Å². The molecule has 3 saturated heterocycles. The van der Waals surface area contributed by atoms with Crippen LogP contribution in [0.2, 0.25) is 0 Å². The second-order valence-corrected chi connectivity index (χ2v) is 8.12. The zero-order valence-electron chi connectivity index (χ0n) is 15.5. The van der Waals surface area contributed by atoms with Gasteiger partial charge in [-0.2, -0.15) is 0 Å². The van der Waals surface area contributed by atoms with Crippen LogP contribution in [-0.2, 0) is 9.59 Å². The first kappa shape index (κ1) is 18.6. The molecular formula is C18H32N4O3. The number of likely N-dealkylation sites (tertiary alicyclic amines) is 3. The van der Waals surface area contributed by atoms with Crippen molar-refractivity contribution in [2.75, 3.05) is 46.3 Å². The third kappa shape index (κ3) is 4.51. The number of aliphatic hydroxyl groups is 1. The van der Waals surface area contributed by atoms with Gasteiger partial charge in [-0.15, -0.1) is 0 Å².